The number of nitrogens with one attached hydrogen (secondary N) is 1. The van der Waals surface area contributed by atoms with Crippen molar-refractivity contribution < 1.29 is 0 Å². The highest BCUT2D eigenvalue weighted by Crippen LogP contribution is 2.12. The van der Waals surface area contributed by atoms with Crippen molar-refractivity contribution in [2.24, 2.45) is 0 Å². The molecule has 3 heteroatoms. The lowest BCUT2D eigenvalue weighted by atomic mass is 10.2. The SMILES string of the molecule is CCCc1nccn1CCNc1ccccc1C. The van der Waals surface area contributed by atoms with Gasteiger partial charge in [0.2, 0.25) is 0 Å². The van der Waals surface area contributed by atoms with Crippen LogP contribution in [-0.2, 0) is 13.0 Å². The van der Waals surface area contributed by atoms with E-state index in [1.165, 1.54) is 17.1 Å². The van der Waals surface area contributed by atoms with Crippen LogP contribution in [0.1, 0.15) is 24.7 Å². The van der Waals surface area contributed by atoms with Gasteiger partial charge in [0.25, 0.3) is 0 Å². The molecule has 1 aromatic heterocycles. The molecular weight excluding hydrogens is 222 g/mol. The molecule has 0 aliphatic carbocycles. The Labute approximate surface area is 109 Å². The number of imidazole rings is 1. The number of hydrogen-bond donors (Lipinski definition) is 1. The predicted octanol–water partition coefficient (Wildman–Crippen LogP) is 3.26. The molecule has 0 bridgehead atoms. The van der Waals surface area contributed by atoms with Gasteiger partial charge < -0.3 is 9.88 Å². The van der Waals surface area contributed by atoms with Gasteiger partial charge in [0.1, 0.15) is 5.82 Å². The third-order valence-corrected chi connectivity index (χ3v) is 3.09. The van der Waals surface area contributed by atoms with E-state index in [9.17, 15) is 0 Å². The minimum absolute atomic E-state index is 0.928. The van der Waals surface area contributed by atoms with Gasteiger partial charge in [0, 0.05) is 37.6 Å². The average Bonchev–Trinajstić information content (AvgIpc) is 2.80. The van der Waals surface area contributed by atoms with Crippen molar-refractivity contribution >= 4 is 5.69 Å². The second-order valence-corrected chi connectivity index (χ2v) is 4.53. The maximum absolute atomic E-state index is 4.38. The highest BCUT2D eigenvalue weighted by Gasteiger charge is 2.01. The van der Waals surface area contributed by atoms with Gasteiger partial charge in [0.15, 0.2) is 0 Å². The molecule has 1 N–H and O–H groups in total. The summed E-state index contributed by atoms with van der Waals surface area (Å²) in [6, 6.07) is 8.38. The molecule has 0 fully saturated rings. The highest BCUT2D eigenvalue weighted by molar-refractivity contribution is 5.50. The fourth-order valence-corrected chi connectivity index (χ4v) is 2.08. The van der Waals surface area contributed by atoms with Crippen LogP contribution in [0.5, 0.6) is 0 Å². The summed E-state index contributed by atoms with van der Waals surface area (Å²) in [5.74, 6) is 1.18. The molecule has 0 amide bonds. The number of para-hydroxylation sites is 1. The van der Waals surface area contributed by atoms with Crippen molar-refractivity contribution in [3.8, 4) is 0 Å². The summed E-state index contributed by atoms with van der Waals surface area (Å²) >= 11 is 0. The summed E-state index contributed by atoms with van der Waals surface area (Å²) in [7, 11) is 0. The van der Waals surface area contributed by atoms with Crippen LogP contribution in [-0.4, -0.2) is 16.1 Å². The van der Waals surface area contributed by atoms with Crippen LogP contribution in [0.3, 0.4) is 0 Å². The second kappa shape index (κ2) is 6.24. The van der Waals surface area contributed by atoms with E-state index in [0.29, 0.717) is 0 Å². The molecule has 0 atom stereocenters. The van der Waals surface area contributed by atoms with Crippen LogP contribution in [0.2, 0.25) is 0 Å². The standard InChI is InChI=1S/C15H21N3/c1-3-6-15-17-10-12-18(15)11-9-16-14-8-5-4-7-13(14)2/h4-5,7-8,10,12,16H,3,6,9,11H2,1-2H3. The Balaban J connectivity index is 1.88. The van der Waals surface area contributed by atoms with Gasteiger partial charge in [-0.15, -0.1) is 0 Å². The first-order chi connectivity index (χ1) is 8.81. The van der Waals surface area contributed by atoms with E-state index >= 15 is 0 Å². The maximum Gasteiger partial charge on any atom is 0.108 e. The summed E-state index contributed by atoms with van der Waals surface area (Å²) in [4.78, 5) is 4.38. The van der Waals surface area contributed by atoms with Gasteiger partial charge in [-0.25, -0.2) is 4.98 Å². The third-order valence-electron chi connectivity index (χ3n) is 3.09. The molecular formula is C15H21N3. The average molecular weight is 243 g/mol. The lowest BCUT2D eigenvalue weighted by Gasteiger charge is -2.11. The zero-order valence-electron chi connectivity index (χ0n) is 11.2. The van der Waals surface area contributed by atoms with Gasteiger partial charge in [0.05, 0.1) is 0 Å². The summed E-state index contributed by atoms with van der Waals surface area (Å²) < 4.78 is 2.23. The van der Waals surface area contributed by atoms with Crippen LogP contribution in [0.25, 0.3) is 0 Å². The lowest BCUT2D eigenvalue weighted by Crippen LogP contribution is -2.12. The van der Waals surface area contributed by atoms with Crippen molar-refractivity contribution in [2.75, 3.05) is 11.9 Å². The number of rotatable bonds is 6. The van der Waals surface area contributed by atoms with Crippen molar-refractivity contribution in [3.05, 3.63) is 48.0 Å². The molecule has 0 aliphatic heterocycles. The van der Waals surface area contributed by atoms with Gasteiger partial charge >= 0.3 is 0 Å². The number of aryl methyl sites for hydroxylation is 2. The van der Waals surface area contributed by atoms with Crippen LogP contribution in [0.4, 0.5) is 5.69 Å². The number of aromatic nitrogens is 2. The molecule has 0 aliphatic rings. The van der Waals surface area contributed by atoms with Crippen LogP contribution in [0.15, 0.2) is 36.7 Å². The Bertz CT molecular complexity index is 488. The second-order valence-electron chi connectivity index (χ2n) is 4.53. The summed E-state index contributed by atoms with van der Waals surface area (Å²) in [5.41, 5.74) is 2.51. The Morgan fingerprint density at radius 1 is 1.28 bits per heavy atom. The van der Waals surface area contributed by atoms with E-state index < -0.39 is 0 Å². The van der Waals surface area contributed by atoms with E-state index in [4.69, 9.17) is 0 Å². The first kappa shape index (κ1) is 12.7. The molecule has 0 saturated heterocycles. The molecule has 2 aromatic rings. The van der Waals surface area contributed by atoms with Crippen molar-refractivity contribution in [3.63, 3.8) is 0 Å². The Morgan fingerprint density at radius 2 is 2.11 bits per heavy atom. The molecule has 1 aromatic carbocycles. The van der Waals surface area contributed by atoms with E-state index in [-0.39, 0.29) is 0 Å². The molecule has 96 valence electrons. The maximum atomic E-state index is 4.38. The van der Waals surface area contributed by atoms with Gasteiger partial charge in [-0.3, -0.25) is 0 Å². The fourth-order valence-electron chi connectivity index (χ4n) is 2.08. The zero-order valence-corrected chi connectivity index (χ0v) is 11.2. The molecule has 2 rings (SSSR count). The van der Waals surface area contributed by atoms with E-state index in [0.717, 1.165) is 25.9 Å². The smallest absolute Gasteiger partial charge is 0.108 e. The highest BCUT2D eigenvalue weighted by atomic mass is 15.1. The molecule has 1 heterocycles. The first-order valence-electron chi connectivity index (χ1n) is 6.60. The third kappa shape index (κ3) is 3.13. The summed E-state index contributed by atoms with van der Waals surface area (Å²) in [6.07, 6.45) is 6.14. The van der Waals surface area contributed by atoms with E-state index in [1.54, 1.807) is 0 Å². The Kier molecular flexibility index (Phi) is 4.40. The molecule has 3 nitrogen and oxygen atoms in total. The van der Waals surface area contributed by atoms with Crippen LogP contribution < -0.4 is 5.32 Å². The van der Waals surface area contributed by atoms with Crippen molar-refractivity contribution in [1.82, 2.24) is 9.55 Å². The van der Waals surface area contributed by atoms with Gasteiger partial charge in [-0.1, -0.05) is 25.1 Å². The van der Waals surface area contributed by atoms with Crippen molar-refractivity contribution in [1.29, 1.82) is 0 Å². The van der Waals surface area contributed by atoms with Gasteiger partial charge in [-0.2, -0.15) is 0 Å². The number of benzene rings is 1. The summed E-state index contributed by atoms with van der Waals surface area (Å²) in [5, 5.41) is 3.47. The topological polar surface area (TPSA) is 29.9 Å². The van der Waals surface area contributed by atoms with Gasteiger partial charge in [-0.05, 0) is 25.0 Å². The molecule has 0 radical (unpaired) electrons. The minimum atomic E-state index is 0.928. The number of hydrogen-bond acceptors (Lipinski definition) is 2. The molecule has 0 saturated carbocycles. The molecule has 0 unspecified atom stereocenters. The molecule has 18 heavy (non-hydrogen) atoms. The number of anilines is 1. The van der Waals surface area contributed by atoms with E-state index in [1.807, 2.05) is 6.20 Å². The van der Waals surface area contributed by atoms with Crippen LogP contribution in [0, 0.1) is 6.92 Å². The normalized spacial score (nSPS) is 10.6. The zero-order chi connectivity index (χ0) is 12.8. The fraction of sp³-hybridized carbons (Fsp3) is 0.400. The monoisotopic (exact) mass is 243 g/mol. The van der Waals surface area contributed by atoms with Crippen molar-refractivity contribution in [2.45, 2.75) is 33.2 Å². The predicted molar refractivity (Wildman–Crippen MR) is 75.9 cm³/mol. The van der Waals surface area contributed by atoms with E-state index in [2.05, 4.69) is 59.2 Å². The Hall–Kier alpha value is -1.77. The minimum Gasteiger partial charge on any atom is -0.383 e. The summed E-state index contributed by atoms with van der Waals surface area (Å²) in [6.45, 7) is 6.20. The quantitative estimate of drug-likeness (QED) is 0.844. The van der Waals surface area contributed by atoms with Crippen LogP contribution >= 0.6 is 0 Å². The Morgan fingerprint density at radius 3 is 2.89 bits per heavy atom. The largest absolute Gasteiger partial charge is 0.383 e. The molecule has 0 spiro atoms. The first-order valence-corrected chi connectivity index (χ1v) is 6.60. The lowest BCUT2D eigenvalue weighted by molar-refractivity contribution is 0.663. The number of nitrogens with zero attached hydrogens (tertiary/aromatic N) is 2.